The van der Waals surface area contributed by atoms with Gasteiger partial charge in [0.15, 0.2) is 11.5 Å². The summed E-state index contributed by atoms with van der Waals surface area (Å²) >= 11 is 0. The number of ether oxygens (including phenoxy) is 3. The van der Waals surface area contributed by atoms with Crippen molar-refractivity contribution in [2.24, 2.45) is 0 Å². The minimum absolute atomic E-state index is 0.0805. The lowest BCUT2D eigenvalue weighted by Gasteiger charge is -2.18. The van der Waals surface area contributed by atoms with E-state index in [1.807, 2.05) is 49.4 Å². The minimum atomic E-state index is -0.0805. The molecule has 3 aromatic carbocycles. The summed E-state index contributed by atoms with van der Waals surface area (Å²) in [6.45, 7) is 5.60. The van der Waals surface area contributed by atoms with Gasteiger partial charge in [0.25, 0.3) is 0 Å². The molecule has 0 N–H and O–H groups in total. The average Bonchev–Trinajstić information content (AvgIpc) is 2.83. The number of aryl methyl sites for hydroxylation is 2. The zero-order valence-electron chi connectivity index (χ0n) is 18.1. The van der Waals surface area contributed by atoms with Crippen molar-refractivity contribution < 1.29 is 18.6 Å². The van der Waals surface area contributed by atoms with Crippen LogP contribution in [-0.4, -0.2) is 13.2 Å². The van der Waals surface area contributed by atoms with Gasteiger partial charge >= 0.3 is 0 Å². The fraction of sp³-hybridized carbons (Fsp3) is 0.222. The average molecular weight is 428 g/mol. The Bertz CT molecular complexity index is 1350. The van der Waals surface area contributed by atoms with Gasteiger partial charge in [0.1, 0.15) is 37.4 Å². The molecule has 162 valence electrons. The van der Waals surface area contributed by atoms with E-state index in [1.54, 1.807) is 0 Å². The van der Waals surface area contributed by atoms with E-state index in [0.717, 1.165) is 28.9 Å². The number of hydrogen-bond acceptors (Lipinski definition) is 5. The summed E-state index contributed by atoms with van der Waals surface area (Å²) < 4.78 is 23.3. The van der Waals surface area contributed by atoms with E-state index in [9.17, 15) is 4.79 Å². The SMILES string of the molecule is CCc1cc2c(=O)c(-c3ccc4c(c3)OCCO4)coc2cc1OCc1ccccc1C. The van der Waals surface area contributed by atoms with Crippen LogP contribution in [0.25, 0.3) is 22.1 Å². The highest BCUT2D eigenvalue weighted by Crippen LogP contribution is 2.34. The van der Waals surface area contributed by atoms with E-state index in [0.29, 0.717) is 47.9 Å². The van der Waals surface area contributed by atoms with Crippen LogP contribution in [0.4, 0.5) is 0 Å². The smallest absolute Gasteiger partial charge is 0.200 e. The molecule has 1 aromatic heterocycles. The third kappa shape index (κ3) is 3.71. The number of benzene rings is 3. The highest BCUT2D eigenvalue weighted by molar-refractivity contribution is 5.84. The van der Waals surface area contributed by atoms with Crippen LogP contribution in [0.2, 0.25) is 0 Å². The fourth-order valence-electron chi connectivity index (χ4n) is 3.95. The molecule has 0 saturated heterocycles. The quantitative estimate of drug-likeness (QED) is 0.409. The molecule has 32 heavy (non-hydrogen) atoms. The van der Waals surface area contributed by atoms with Gasteiger partial charge < -0.3 is 18.6 Å². The summed E-state index contributed by atoms with van der Waals surface area (Å²) in [5, 5.41) is 0.539. The van der Waals surface area contributed by atoms with E-state index < -0.39 is 0 Å². The predicted molar refractivity (Wildman–Crippen MR) is 124 cm³/mol. The largest absolute Gasteiger partial charge is 0.488 e. The molecule has 5 nitrogen and oxygen atoms in total. The normalized spacial score (nSPS) is 12.7. The van der Waals surface area contributed by atoms with Gasteiger partial charge in [-0.1, -0.05) is 37.3 Å². The van der Waals surface area contributed by atoms with Crippen molar-refractivity contribution in [1.82, 2.24) is 0 Å². The van der Waals surface area contributed by atoms with Gasteiger partial charge in [0.2, 0.25) is 5.43 Å². The third-order valence-electron chi connectivity index (χ3n) is 5.83. The highest BCUT2D eigenvalue weighted by Gasteiger charge is 2.17. The van der Waals surface area contributed by atoms with Gasteiger partial charge in [-0.2, -0.15) is 0 Å². The van der Waals surface area contributed by atoms with E-state index in [2.05, 4.69) is 19.1 Å². The molecule has 0 radical (unpaired) electrons. The second kappa shape index (κ2) is 8.42. The molecule has 4 aromatic rings. The van der Waals surface area contributed by atoms with Crippen LogP contribution in [0.5, 0.6) is 17.2 Å². The summed E-state index contributed by atoms with van der Waals surface area (Å²) in [7, 11) is 0. The first-order valence-electron chi connectivity index (χ1n) is 10.8. The Morgan fingerprint density at radius 3 is 2.56 bits per heavy atom. The summed E-state index contributed by atoms with van der Waals surface area (Å²) in [5.74, 6) is 2.06. The summed E-state index contributed by atoms with van der Waals surface area (Å²) in [4.78, 5) is 13.3. The Kier molecular flexibility index (Phi) is 5.31. The Morgan fingerprint density at radius 2 is 1.75 bits per heavy atom. The molecule has 0 atom stereocenters. The molecule has 5 rings (SSSR count). The summed E-state index contributed by atoms with van der Waals surface area (Å²) in [6, 6.07) is 17.4. The molecule has 0 aliphatic carbocycles. The van der Waals surface area contributed by atoms with Gasteiger partial charge in [-0.15, -0.1) is 0 Å². The van der Waals surface area contributed by atoms with Crippen molar-refractivity contribution in [2.45, 2.75) is 26.9 Å². The van der Waals surface area contributed by atoms with E-state index in [-0.39, 0.29) is 5.43 Å². The van der Waals surface area contributed by atoms with Crippen LogP contribution >= 0.6 is 0 Å². The summed E-state index contributed by atoms with van der Waals surface area (Å²) in [6.07, 6.45) is 2.25. The van der Waals surface area contributed by atoms with Gasteiger partial charge in [0, 0.05) is 6.07 Å². The van der Waals surface area contributed by atoms with Gasteiger partial charge in [-0.05, 0) is 53.8 Å². The van der Waals surface area contributed by atoms with Gasteiger partial charge in [-0.25, -0.2) is 0 Å². The van der Waals surface area contributed by atoms with Crippen molar-refractivity contribution in [3.8, 4) is 28.4 Å². The minimum Gasteiger partial charge on any atom is -0.488 e. The molecule has 1 aliphatic rings. The first-order chi connectivity index (χ1) is 15.6. The number of rotatable bonds is 5. The zero-order valence-corrected chi connectivity index (χ0v) is 18.1. The second-order valence-electron chi connectivity index (χ2n) is 7.86. The molecule has 1 aliphatic heterocycles. The maximum Gasteiger partial charge on any atom is 0.200 e. The van der Waals surface area contributed by atoms with Crippen LogP contribution < -0.4 is 19.6 Å². The predicted octanol–water partition coefficient (Wildman–Crippen LogP) is 5.68. The van der Waals surface area contributed by atoms with E-state index >= 15 is 0 Å². The molecule has 2 heterocycles. The van der Waals surface area contributed by atoms with E-state index in [1.165, 1.54) is 11.8 Å². The maximum absolute atomic E-state index is 13.3. The van der Waals surface area contributed by atoms with Crippen molar-refractivity contribution >= 4 is 11.0 Å². The monoisotopic (exact) mass is 428 g/mol. The van der Waals surface area contributed by atoms with Crippen molar-refractivity contribution in [2.75, 3.05) is 13.2 Å². The Morgan fingerprint density at radius 1 is 0.938 bits per heavy atom. The topological polar surface area (TPSA) is 57.9 Å². The molecule has 0 fully saturated rings. The number of fused-ring (bicyclic) bond motifs is 2. The lowest BCUT2D eigenvalue weighted by atomic mass is 10.0. The Balaban J connectivity index is 1.51. The fourth-order valence-corrected chi connectivity index (χ4v) is 3.95. The first-order valence-corrected chi connectivity index (χ1v) is 10.8. The molecular weight excluding hydrogens is 404 g/mol. The molecule has 0 spiro atoms. The van der Waals surface area contributed by atoms with Crippen molar-refractivity contribution in [3.05, 3.63) is 87.8 Å². The molecule has 0 bridgehead atoms. The van der Waals surface area contributed by atoms with Gasteiger partial charge in [-0.3, -0.25) is 4.79 Å². The Hall–Kier alpha value is -3.73. The Labute approximate surface area is 186 Å². The van der Waals surface area contributed by atoms with E-state index in [4.69, 9.17) is 18.6 Å². The maximum atomic E-state index is 13.3. The number of hydrogen-bond donors (Lipinski definition) is 0. The van der Waals surface area contributed by atoms with Crippen LogP contribution in [0.1, 0.15) is 23.6 Å². The lowest BCUT2D eigenvalue weighted by Crippen LogP contribution is -2.15. The molecule has 0 unspecified atom stereocenters. The molecule has 5 heteroatoms. The molecular formula is C27H24O5. The standard InChI is InChI=1S/C27H24O5/c1-3-18-12-21-25(14-24(18)31-15-20-7-5-4-6-17(20)2)32-16-22(27(21)28)19-8-9-23-26(13-19)30-11-10-29-23/h4-9,12-14,16H,3,10-11,15H2,1-2H3. The van der Waals surface area contributed by atoms with Gasteiger partial charge in [0.05, 0.1) is 10.9 Å². The molecule has 0 saturated carbocycles. The van der Waals surface area contributed by atoms with Crippen molar-refractivity contribution in [1.29, 1.82) is 0 Å². The zero-order chi connectivity index (χ0) is 22.1. The lowest BCUT2D eigenvalue weighted by molar-refractivity contribution is 0.171. The second-order valence-corrected chi connectivity index (χ2v) is 7.86. The summed E-state index contributed by atoms with van der Waals surface area (Å²) in [5.41, 5.74) is 4.94. The van der Waals surface area contributed by atoms with Crippen LogP contribution in [0.15, 0.2) is 70.1 Å². The third-order valence-corrected chi connectivity index (χ3v) is 5.83. The van der Waals surface area contributed by atoms with Crippen molar-refractivity contribution in [3.63, 3.8) is 0 Å². The van der Waals surface area contributed by atoms with Crippen LogP contribution in [0.3, 0.4) is 0 Å². The van der Waals surface area contributed by atoms with Crippen LogP contribution in [0, 0.1) is 6.92 Å². The highest BCUT2D eigenvalue weighted by atomic mass is 16.6. The molecule has 0 amide bonds. The van der Waals surface area contributed by atoms with Crippen LogP contribution in [-0.2, 0) is 13.0 Å². The first kappa shape index (κ1) is 20.2.